The molecule has 3 N–H and O–H groups in total. The number of carbonyl (C=O) groups excluding carboxylic acids is 2. The molecule has 0 saturated heterocycles. The first-order chi connectivity index (χ1) is 25.7. The van der Waals surface area contributed by atoms with Gasteiger partial charge in [-0.05, 0) is 44.9 Å². The van der Waals surface area contributed by atoms with Crippen molar-refractivity contribution >= 4 is 19.8 Å². The van der Waals surface area contributed by atoms with E-state index in [1.165, 1.54) is 103 Å². The number of hydrogen-bond donors (Lipinski definition) is 3. The van der Waals surface area contributed by atoms with Crippen LogP contribution in [0.15, 0.2) is 48.6 Å². The number of rotatable bonds is 38. The van der Waals surface area contributed by atoms with Crippen molar-refractivity contribution < 1.29 is 43.0 Å². The molecule has 0 aliphatic carbocycles. The van der Waals surface area contributed by atoms with Crippen molar-refractivity contribution in [3.8, 4) is 0 Å². The van der Waals surface area contributed by atoms with Gasteiger partial charge in [-0.2, -0.15) is 0 Å². The first kappa shape index (κ1) is 51.0. The van der Waals surface area contributed by atoms with Gasteiger partial charge in [0, 0.05) is 12.8 Å². The summed E-state index contributed by atoms with van der Waals surface area (Å²) in [4.78, 5) is 42.8. The molecule has 0 unspecified atom stereocenters. The topological polar surface area (TPSA) is 140 Å². The molecular weight excluding hydrogens is 691 g/mol. The maximum Gasteiger partial charge on any atom is 0.469 e. The van der Waals surface area contributed by atoms with Crippen LogP contribution in [0.25, 0.3) is 0 Å². The minimum atomic E-state index is -4.80. The fraction of sp³-hybridized carbons (Fsp3) is 0.767. The van der Waals surface area contributed by atoms with Crippen LogP contribution in [0.2, 0.25) is 0 Å². The van der Waals surface area contributed by atoms with E-state index in [-0.39, 0.29) is 19.4 Å². The van der Waals surface area contributed by atoms with E-state index in [0.717, 1.165) is 38.5 Å². The zero-order valence-corrected chi connectivity index (χ0v) is 34.4. The molecule has 0 radical (unpaired) electrons. The van der Waals surface area contributed by atoms with E-state index in [9.17, 15) is 19.3 Å². The van der Waals surface area contributed by atoms with E-state index in [2.05, 4.69) is 42.7 Å². The Morgan fingerprint density at radius 3 is 1.64 bits per heavy atom. The summed E-state index contributed by atoms with van der Waals surface area (Å²) in [5.74, 6) is -1.08. The molecule has 0 aliphatic rings. The second-order valence-electron chi connectivity index (χ2n) is 14.2. The number of hydrogen-bond acceptors (Lipinski definition) is 7. The van der Waals surface area contributed by atoms with Crippen LogP contribution in [-0.2, 0) is 28.2 Å². The maximum atomic E-state index is 12.4. The molecule has 0 aromatic heterocycles. The molecule has 0 aliphatic heterocycles. The predicted octanol–water partition coefficient (Wildman–Crippen LogP) is 11.7. The number of carbonyl (C=O) groups is 2. The summed E-state index contributed by atoms with van der Waals surface area (Å²) in [6.45, 7) is 3.50. The Bertz CT molecular complexity index is 1020. The number of phosphoric acid groups is 1. The van der Waals surface area contributed by atoms with Crippen LogP contribution in [0.1, 0.15) is 187 Å². The van der Waals surface area contributed by atoms with Crippen LogP contribution >= 0.6 is 7.82 Å². The largest absolute Gasteiger partial charge is 0.469 e. The van der Waals surface area contributed by atoms with Gasteiger partial charge in [0.1, 0.15) is 6.61 Å². The summed E-state index contributed by atoms with van der Waals surface area (Å²) in [5, 5.41) is 10.2. The standard InChI is InChI=1S/C43H77O9P/c1-3-5-7-9-11-13-15-17-18-19-20-22-24-26-28-30-32-36-43(46)52-41(39-51-53(47,48)49)38-50-42(45)37-33-35-40(44)34-31-29-27-25-23-21-16-14-12-10-8-6-4-2/h12,14,21,23,27,29,31,34,40-41,44H,3-11,13,15-20,22,24-26,28,30,32-33,35-39H2,1-2H3,(H2,47,48,49)/b14-12-,23-21-,29-27-,34-31+/t40-,41-/m1/s1. The molecule has 2 atom stereocenters. The van der Waals surface area contributed by atoms with E-state index < -0.39 is 38.6 Å². The van der Waals surface area contributed by atoms with Gasteiger partial charge in [-0.15, -0.1) is 0 Å². The average Bonchev–Trinajstić information content (AvgIpc) is 3.12. The molecule has 0 amide bonds. The third-order valence-electron chi connectivity index (χ3n) is 8.95. The van der Waals surface area contributed by atoms with Gasteiger partial charge >= 0.3 is 19.8 Å². The van der Waals surface area contributed by atoms with Gasteiger partial charge in [0.25, 0.3) is 0 Å². The Labute approximate surface area is 323 Å². The van der Waals surface area contributed by atoms with Crippen LogP contribution in [0.5, 0.6) is 0 Å². The molecule has 0 rings (SSSR count). The summed E-state index contributed by atoms with van der Waals surface area (Å²) < 4.78 is 26.3. The van der Waals surface area contributed by atoms with E-state index in [4.69, 9.17) is 19.3 Å². The molecule has 308 valence electrons. The van der Waals surface area contributed by atoms with Crippen molar-refractivity contribution in [1.29, 1.82) is 0 Å². The third-order valence-corrected chi connectivity index (χ3v) is 9.44. The molecule has 0 fully saturated rings. The van der Waals surface area contributed by atoms with Crippen LogP contribution in [-0.4, -0.2) is 52.3 Å². The smallest absolute Gasteiger partial charge is 0.462 e. The molecule has 10 heteroatoms. The number of aliphatic hydroxyl groups excluding tert-OH is 1. The Kier molecular flexibility index (Phi) is 36.8. The quantitative estimate of drug-likeness (QED) is 0.0184. The average molecular weight is 769 g/mol. The van der Waals surface area contributed by atoms with Crippen molar-refractivity contribution in [2.75, 3.05) is 13.2 Å². The lowest BCUT2D eigenvalue weighted by Crippen LogP contribution is -2.29. The van der Waals surface area contributed by atoms with Gasteiger partial charge in [-0.3, -0.25) is 14.1 Å². The molecule has 0 bridgehead atoms. The second kappa shape index (κ2) is 38.3. The predicted molar refractivity (Wildman–Crippen MR) is 217 cm³/mol. The first-order valence-corrected chi connectivity index (χ1v) is 22.6. The number of unbranched alkanes of at least 4 members (excludes halogenated alkanes) is 19. The van der Waals surface area contributed by atoms with Crippen molar-refractivity contribution in [1.82, 2.24) is 0 Å². The lowest BCUT2D eigenvalue weighted by molar-refractivity contribution is -0.161. The van der Waals surface area contributed by atoms with E-state index in [0.29, 0.717) is 19.3 Å². The van der Waals surface area contributed by atoms with Crippen LogP contribution in [0, 0.1) is 0 Å². The third kappa shape index (κ3) is 41.0. The molecule has 0 aromatic rings. The second-order valence-corrected chi connectivity index (χ2v) is 15.4. The highest BCUT2D eigenvalue weighted by Crippen LogP contribution is 2.36. The molecule has 53 heavy (non-hydrogen) atoms. The summed E-state index contributed by atoms with van der Waals surface area (Å²) >= 11 is 0. The van der Waals surface area contributed by atoms with Crippen molar-refractivity contribution in [3.63, 3.8) is 0 Å². The van der Waals surface area contributed by atoms with Gasteiger partial charge in [0.05, 0.1) is 12.7 Å². The van der Waals surface area contributed by atoms with E-state index in [1.54, 1.807) is 12.2 Å². The Hall–Kier alpha value is -2.03. The van der Waals surface area contributed by atoms with E-state index in [1.807, 2.05) is 12.2 Å². The lowest BCUT2D eigenvalue weighted by Gasteiger charge is -2.18. The first-order valence-electron chi connectivity index (χ1n) is 21.0. The zero-order valence-electron chi connectivity index (χ0n) is 33.5. The number of phosphoric ester groups is 1. The fourth-order valence-corrected chi connectivity index (χ4v) is 6.13. The number of aliphatic hydroxyl groups is 1. The molecule has 9 nitrogen and oxygen atoms in total. The van der Waals surface area contributed by atoms with Crippen LogP contribution in [0.3, 0.4) is 0 Å². The van der Waals surface area contributed by atoms with Crippen molar-refractivity contribution in [2.24, 2.45) is 0 Å². The van der Waals surface area contributed by atoms with Gasteiger partial charge in [0.2, 0.25) is 0 Å². The van der Waals surface area contributed by atoms with E-state index >= 15 is 0 Å². The van der Waals surface area contributed by atoms with Crippen LogP contribution < -0.4 is 0 Å². The van der Waals surface area contributed by atoms with Gasteiger partial charge in [-0.1, -0.05) is 178 Å². The van der Waals surface area contributed by atoms with Gasteiger partial charge in [0.15, 0.2) is 6.10 Å². The highest BCUT2D eigenvalue weighted by molar-refractivity contribution is 7.46. The lowest BCUT2D eigenvalue weighted by atomic mass is 10.0. The Morgan fingerprint density at radius 1 is 0.585 bits per heavy atom. The van der Waals surface area contributed by atoms with Gasteiger partial charge < -0.3 is 24.4 Å². The number of ether oxygens (including phenoxy) is 2. The monoisotopic (exact) mass is 769 g/mol. The summed E-state index contributed by atoms with van der Waals surface area (Å²) in [6, 6.07) is 0. The SMILES string of the molecule is CCCCC/C=C\C/C=C\C/C=C\C=C\[C@@H](O)CCCC(=O)OC[C@H](COP(=O)(O)O)OC(=O)CCCCCCCCCCCCCCCCCCC. The molecule has 0 spiro atoms. The van der Waals surface area contributed by atoms with Gasteiger partial charge in [-0.25, -0.2) is 4.57 Å². The normalized spacial score (nSPS) is 13.5. The van der Waals surface area contributed by atoms with Crippen molar-refractivity contribution in [3.05, 3.63) is 48.6 Å². The van der Waals surface area contributed by atoms with Crippen molar-refractivity contribution in [2.45, 2.75) is 199 Å². The zero-order chi connectivity index (χ0) is 39.1. The minimum absolute atomic E-state index is 0.0395. The molecule has 0 heterocycles. The molecule has 0 aromatic carbocycles. The van der Waals surface area contributed by atoms with Crippen LogP contribution in [0.4, 0.5) is 0 Å². The minimum Gasteiger partial charge on any atom is -0.462 e. The number of allylic oxidation sites excluding steroid dienone is 7. The summed E-state index contributed by atoms with van der Waals surface area (Å²) in [6.07, 6.45) is 42.9. The highest BCUT2D eigenvalue weighted by Gasteiger charge is 2.23. The summed E-state index contributed by atoms with van der Waals surface area (Å²) in [5.41, 5.74) is 0. The molecular formula is C43H77O9P. The Balaban J connectivity index is 4.09. The number of esters is 2. The Morgan fingerprint density at radius 2 is 1.08 bits per heavy atom. The maximum absolute atomic E-state index is 12.4. The highest BCUT2D eigenvalue weighted by atomic mass is 31.2. The summed E-state index contributed by atoms with van der Waals surface area (Å²) in [7, 11) is -4.80. The molecule has 0 saturated carbocycles. The fourth-order valence-electron chi connectivity index (χ4n) is 5.77.